The number of hydrogen-bond donors (Lipinski definition) is 2. The summed E-state index contributed by atoms with van der Waals surface area (Å²) in [5, 5.41) is 8.86. The molecule has 1 aromatic rings. The first kappa shape index (κ1) is 17.6. The molecule has 1 aromatic heterocycles. The fourth-order valence-corrected chi connectivity index (χ4v) is 4.09. The number of sulfonamides is 1. The topological polar surface area (TPSA) is 110 Å². The predicted octanol–water partition coefficient (Wildman–Crippen LogP) is 1.38. The quantitative estimate of drug-likeness (QED) is 0.548. The average Bonchev–Trinajstić information content (AvgIpc) is 2.78. The number of carboxylic acid groups (broad SMARTS) is 1. The third-order valence-electron chi connectivity index (χ3n) is 2.53. The Labute approximate surface area is 127 Å². The fraction of sp³-hybridized carbons (Fsp3) is 0.500. The van der Waals surface area contributed by atoms with Gasteiger partial charge in [0, 0.05) is 17.8 Å². The molecule has 0 unspecified atom stereocenters. The molecule has 0 aliphatic carbocycles. The second kappa shape index (κ2) is 7.53. The molecular weight excluding hydrogens is 318 g/mol. The van der Waals surface area contributed by atoms with Gasteiger partial charge in [-0.3, -0.25) is 4.79 Å². The number of nitrogens with one attached hydrogen (secondary N) is 1. The van der Waals surface area contributed by atoms with Crippen molar-refractivity contribution in [2.75, 3.05) is 13.2 Å². The zero-order valence-electron chi connectivity index (χ0n) is 11.7. The Kier molecular flexibility index (Phi) is 6.31. The third kappa shape index (κ3) is 5.10. The molecule has 0 spiro atoms. The summed E-state index contributed by atoms with van der Waals surface area (Å²) < 4.78 is 31.2. The van der Waals surface area contributed by atoms with Gasteiger partial charge in [0.2, 0.25) is 10.0 Å². The number of aryl methyl sites for hydroxylation is 1. The van der Waals surface area contributed by atoms with Crippen LogP contribution in [0.3, 0.4) is 0 Å². The molecule has 0 saturated carbocycles. The molecule has 0 fully saturated rings. The van der Waals surface area contributed by atoms with Crippen molar-refractivity contribution in [1.29, 1.82) is 0 Å². The number of esters is 1. The molecule has 0 saturated heterocycles. The van der Waals surface area contributed by atoms with Gasteiger partial charge in [0.15, 0.2) is 0 Å². The Morgan fingerprint density at radius 3 is 2.62 bits per heavy atom. The van der Waals surface area contributed by atoms with Crippen LogP contribution in [0.1, 0.15) is 34.3 Å². The molecule has 7 nitrogen and oxygen atoms in total. The molecule has 0 aliphatic heterocycles. The van der Waals surface area contributed by atoms with E-state index in [1.165, 1.54) is 0 Å². The lowest BCUT2D eigenvalue weighted by Gasteiger charge is -2.06. The van der Waals surface area contributed by atoms with Crippen LogP contribution in [0.4, 0.5) is 0 Å². The van der Waals surface area contributed by atoms with E-state index in [2.05, 4.69) is 4.72 Å². The highest BCUT2D eigenvalue weighted by Gasteiger charge is 2.21. The van der Waals surface area contributed by atoms with Crippen LogP contribution in [0.25, 0.3) is 0 Å². The summed E-state index contributed by atoms with van der Waals surface area (Å²) in [6.07, 6.45) is 0.437. The highest BCUT2D eigenvalue weighted by atomic mass is 32.2. The molecule has 0 amide bonds. The lowest BCUT2D eigenvalue weighted by atomic mass is 10.3. The molecule has 0 bridgehead atoms. The first-order valence-electron chi connectivity index (χ1n) is 6.27. The molecule has 1 heterocycles. The number of aromatic carboxylic acids is 1. The van der Waals surface area contributed by atoms with E-state index in [1.54, 1.807) is 13.8 Å². The Balaban J connectivity index is 2.62. The van der Waals surface area contributed by atoms with E-state index in [4.69, 9.17) is 9.84 Å². The number of ether oxygens (including phenoxy) is 1. The van der Waals surface area contributed by atoms with Crippen molar-refractivity contribution in [3.63, 3.8) is 0 Å². The van der Waals surface area contributed by atoms with E-state index in [0.29, 0.717) is 11.3 Å². The zero-order valence-corrected chi connectivity index (χ0v) is 13.3. The zero-order chi connectivity index (χ0) is 16.0. The van der Waals surface area contributed by atoms with Crippen molar-refractivity contribution in [2.45, 2.75) is 31.6 Å². The largest absolute Gasteiger partial charge is 0.477 e. The van der Waals surface area contributed by atoms with Gasteiger partial charge in [-0.05, 0) is 26.3 Å². The maximum Gasteiger partial charge on any atom is 0.345 e. The number of carbonyl (C=O) groups excluding carboxylic acids is 1. The molecule has 9 heteroatoms. The van der Waals surface area contributed by atoms with Gasteiger partial charge < -0.3 is 9.84 Å². The summed E-state index contributed by atoms with van der Waals surface area (Å²) in [6, 6.07) is 1.13. The number of thiophene rings is 1. The number of carboxylic acids is 1. The monoisotopic (exact) mass is 335 g/mol. The van der Waals surface area contributed by atoms with E-state index in [1.807, 2.05) is 0 Å². The Morgan fingerprint density at radius 1 is 1.43 bits per heavy atom. The molecule has 118 valence electrons. The van der Waals surface area contributed by atoms with Crippen molar-refractivity contribution in [1.82, 2.24) is 4.72 Å². The summed E-state index contributed by atoms with van der Waals surface area (Å²) in [7, 11) is -3.77. The SMILES string of the molecule is CCOC(=O)CCCNS(=O)(=O)c1cc(C(=O)O)sc1C. The predicted molar refractivity (Wildman–Crippen MR) is 77.1 cm³/mol. The van der Waals surface area contributed by atoms with Gasteiger partial charge in [-0.1, -0.05) is 0 Å². The van der Waals surface area contributed by atoms with Crippen molar-refractivity contribution >= 4 is 33.3 Å². The first-order chi connectivity index (χ1) is 9.77. The lowest BCUT2D eigenvalue weighted by Crippen LogP contribution is -2.25. The molecule has 0 atom stereocenters. The minimum Gasteiger partial charge on any atom is -0.477 e. The van der Waals surface area contributed by atoms with Gasteiger partial charge in [-0.15, -0.1) is 11.3 Å². The molecule has 1 rings (SSSR count). The maximum absolute atomic E-state index is 12.0. The first-order valence-corrected chi connectivity index (χ1v) is 8.57. The van der Waals surface area contributed by atoms with Crippen LogP contribution < -0.4 is 4.72 Å². The third-order valence-corrected chi connectivity index (χ3v) is 5.28. The van der Waals surface area contributed by atoms with Crippen molar-refractivity contribution in [3.05, 3.63) is 15.8 Å². The summed E-state index contributed by atoms with van der Waals surface area (Å²) in [4.78, 5) is 22.3. The lowest BCUT2D eigenvalue weighted by molar-refractivity contribution is -0.143. The highest BCUT2D eigenvalue weighted by molar-refractivity contribution is 7.89. The van der Waals surface area contributed by atoms with Gasteiger partial charge in [0.1, 0.15) is 4.88 Å². The van der Waals surface area contributed by atoms with Crippen LogP contribution in [-0.2, 0) is 19.6 Å². The van der Waals surface area contributed by atoms with Crippen LogP contribution in [0.2, 0.25) is 0 Å². The van der Waals surface area contributed by atoms with Crippen LogP contribution in [0, 0.1) is 6.92 Å². The summed E-state index contributed by atoms with van der Waals surface area (Å²) in [5.41, 5.74) is 0. The standard InChI is InChI=1S/C12H17NO6S2/c1-3-19-11(14)5-4-6-13-21(17,18)10-7-9(12(15)16)20-8(10)2/h7,13H,3-6H2,1-2H3,(H,15,16). The second-order valence-corrected chi connectivity index (χ2v) is 7.13. The smallest absolute Gasteiger partial charge is 0.345 e. The van der Waals surface area contributed by atoms with Crippen molar-refractivity contribution in [3.8, 4) is 0 Å². The van der Waals surface area contributed by atoms with Gasteiger partial charge >= 0.3 is 11.9 Å². The Bertz CT molecular complexity index is 620. The number of rotatable bonds is 8. The highest BCUT2D eigenvalue weighted by Crippen LogP contribution is 2.25. The van der Waals surface area contributed by atoms with Crippen molar-refractivity contribution < 1.29 is 27.9 Å². The Hall–Kier alpha value is -1.45. The van der Waals surface area contributed by atoms with Crippen molar-refractivity contribution in [2.24, 2.45) is 0 Å². The molecule has 0 aromatic carbocycles. The van der Waals surface area contributed by atoms with Gasteiger partial charge in [-0.2, -0.15) is 0 Å². The normalized spacial score (nSPS) is 11.3. The molecule has 21 heavy (non-hydrogen) atoms. The van der Waals surface area contributed by atoms with Gasteiger partial charge in [0.25, 0.3) is 0 Å². The number of carbonyl (C=O) groups is 2. The summed E-state index contributed by atoms with van der Waals surface area (Å²) in [6.45, 7) is 3.61. The van der Waals surface area contributed by atoms with E-state index in [0.717, 1.165) is 17.4 Å². The molecule has 0 aliphatic rings. The minimum atomic E-state index is -3.77. The number of hydrogen-bond acceptors (Lipinski definition) is 6. The maximum atomic E-state index is 12.0. The fourth-order valence-electron chi connectivity index (χ4n) is 1.59. The average molecular weight is 335 g/mol. The van der Waals surface area contributed by atoms with Crippen LogP contribution in [0.15, 0.2) is 11.0 Å². The minimum absolute atomic E-state index is 0.0283. The van der Waals surface area contributed by atoms with E-state index < -0.39 is 16.0 Å². The summed E-state index contributed by atoms with van der Waals surface area (Å²) in [5.74, 6) is -1.54. The van der Waals surface area contributed by atoms with E-state index in [-0.39, 0.29) is 35.3 Å². The Morgan fingerprint density at radius 2 is 2.10 bits per heavy atom. The molecular formula is C12H17NO6S2. The van der Waals surface area contributed by atoms with Gasteiger partial charge in [0.05, 0.1) is 11.5 Å². The second-order valence-electron chi connectivity index (χ2n) is 4.14. The van der Waals surface area contributed by atoms with E-state index in [9.17, 15) is 18.0 Å². The van der Waals surface area contributed by atoms with Gasteiger partial charge in [-0.25, -0.2) is 17.9 Å². The van der Waals surface area contributed by atoms with E-state index >= 15 is 0 Å². The molecule has 2 N–H and O–H groups in total. The summed E-state index contributed by atoms with van der Waals surface area (Å²) >= 11 is 0.907. The van der Waals surface area contributed by atoms with Crippen LogP contribution in [-0.4, -0.2) is 38.6 Å². The van der Waals surface area contributed by atoms with Crippen LogP contribution in [0.5, 0.6) is 0 Å². The molecule has 0 radical (unpaired) electrons. The van der Waals surface area contributed by atoms with Crippen LogP contribution >= 0.6 is 11.3 Å².